The largest absolute Gasteiger partial charge is 0.321 e. The van der Waals surface area contributed by atoms with Crippen LogP contribution in [0, 0.1) is 12.8 Å². The Morgan fingerprint density at radius 1 is 1.64 bits per heavy atom. The van der Waals surface area contributed by atoms with Gasteiger partial charge < -0.3 is 5.73 Å². The van der Waals surface area contributed by atoms with Crippen molar-refractivity contribution in [2.75, 3.05) is 0 Å². The molecule has 1 rings (SSSR count). The van der Waals surface area contributed by atoms with E-state index in [1.54, 1.807) is 6.07 Å². The van der Waals surface area contributed by atoms with Gasteiger partial charge in [0.25, 0.3) is 0 Å². The van der Waals surface area contributed by atoms with Crippen LogP contribution in [0.3, 0.4) is 0 Å². The van der Waals surface area contributed by atoms with Crippen molar-refractivity contribution in [3.8, 4) is 0 Å². The fourth-order valence-corrected chi connectivity index (χ4v) is 1.35. The van der Waals surface area contributed by atoms with Gasteiger partial charge in [-0.1, -0.05) is 13.8 Å². The van der Waals surface area contributed by atoms with Crippen molar-refractivity contribution in [1.82, 2.24) is 10.2 Å². The number of nitrogens with one attached hydrogen (secondary N) is 1. The maximum absolute atomic E-state index is 11.7. The summed E-state index contributed by atoms with van der Waals surface area (Å²) in [7, 11) is 0. The van der Waals surface area contributed by atoms with E-state index in [1.165, 1.54) is 0 Å². The van der Waals surface area contributed by atoms with Gasteiger partial charge in [-0.05, 0) is 25.3 Å². The molecule has 4 nitrogen and oxygen atoms in total. The summed E-state index contributed by atoms with van der Waals surface area (Å²) in [6, 6.07) is 1.29. The SMILES string of the molecule is Cc1cc(C(=O)C(N)CC(C)C)n[nH]1. The molecule has 0 aliphatic heterocycles. The van der Waals surface area contributed by atoms with Crippen molar-refractivity contribution < 1.29 is 4.79 Å². The number of Topliss-reactive ketones (excluding diaryl/α,β-unsaturated/α-hetero) is 1. The highest BCUT2D eigenvalue weighted by atomic mass is 16.1. The third-order valence-electron chi connectivity index (χ3n) is 2.02. The first-order valence-electron chi connectivity index (χ1n) is 4.82. The van der Waals surface area contributed by atoms with Crippen LogP contribution in [0.5, 0.6) is 0 Å². The van der Waals surface area contributed by atoms with Gasteiger partial charge in [-0.3, -0.25) is 9.89 Å². The van der Waals surface area contributed by atoms with Gasteiger partial charge >= 0.3 is 0 Å². The Balaban J connectivity index is 2.65. The molecular formula is C10H17N3O. The lowest BCUT2D eigenvalue weighted by molar-refractivity contribution is 0.0946. The topological polar surface area (TPSA) is 71.8 Å². The third-order valence-corrected chi connectivity index (χ3v) is 2.02. The molecule has 0 saturated heterocycles. The second kappa shape index (κ2) is 4.37. The molecule has 0 amide bonds. The van der Waals surface area contributed by atoms with Crippen molar-refractivity contribution >= 4 is 5.78 Å². The smallest absolute Gasteiger partial charge is 0.199 e. The number of hydrogen-bond acceptors (Lipinski definition) is 3. The Morgan fingerprint density at radius 3 is 2.71 bits per heavy atom. The molecule has 0 fully saturated rings. The fourth-order valence-electron chi connectivity index (χ4n) is 1.35. The van der Waals surface area contributed by atoms with Crippen molar-refractivity contribution in [3.63, 3.8) is 0 Å². The molecule has 1 atom stereocenters. The van der Waals surface area contributed by atoms with Crippen molar-refractivity contribution in [1.29, 1.82) is 0 Å². The van der Waals surface area contributed by atoms with Crippen LogP contribution in [0.1, 0.15) is 36.5 Å². The molecule has 0 spiro atoms. The van der Waals surface area contributed by atoms with Crippen molar-refractivity contribution in [3.05, 3.63) is 17.5 Å². The number of aromatic amines is 1. The second-order valence-corrected chi connectivity index (χ2v) is 4.04. The number of nitrogens with two attached hydrogens (primary N) is 1. The zero-order valence-corrected chi connectivity index (χ0v) is 8.87. The minimum absolute atomic E-state index is 0.0805. The highest BCUT2D eigenvalue weighted by Gasteiger charge is 2.18. The Morgan fingerprint density at radius 2 is 2.29 bits per heavy atom. The van der Waals surface area contributed by atoms with E-state index in [-0.39, 0.29) is 5.78 Å². The van der Waals surface area contributed by atoms with E-state index in [0.29, 0.717) is 18.0 Å². The van der Waals surface area contributed by atoms with Gasteiger partial charge in [0.05, 0.1) is 6.04 Å². The number of H-pyrrole nitrogens is 1. The molecular weight excluding hydrogens is 178 g/mol. The molecule has 0 aliphatic rings. The van der Waals surface area contributed by atoms with Crippen LogP contribution < -0.4 is 5.73 Å². The van der Waals surface area contributed by atoms with Crippen LogP contribution in [-0.4, -0.2) is 22.0 Å². The van der Waals surface area contributed by atoms with E-state index in [0.717, 1.165) is 5.69 Å². The van der Waals surface area contributed by atoms with E-state index >= 15 is 0 Å². The van der Waals surface area contributed by atoms with Crippen molar-refractivity contribution in [2.24, 2.45) is 11.7 Å². The lowest BCUT2D eigenvalue weighted by Crippen LogP contribution is -2.32. The first-order chi connectivity index (χ1) is 6.50. The minimum atomic E-state index is -0.433. The minimum Gasteiger partial charge on any atom is -0.321 e. The third kappa shape index (κ3) is 2.67. The number of aromatic nitrogens is 2. The number of carbonyl (C=O) groups excluding carboxylic acids is 1. The van der Waals surface area contributed by atoms with Gasteiger partial charge in [-0.25, -0.2) is 0 Å². The van der Waals surface area contributed by atoms with Gasteiger partial charge in [0.2, 0.25) is 0 Å². The van der Waals surface area contributed by atoms with Crippen LogP contribution >= 0.6 is 0 Å². The number of ketones is 1. The molecule has 1 aromatic heterocycles. The standard InChI is InChI=1S/C10H17N3O/c1-6(2)4-8(11)10(14)9-5-7(3)12-13-9/h5-6,8H,4,11H2,1-3H3,(H,12,13). The fraction of sp³-hybridized carbons (Fsp3) is 0.600. The molecule has 1 aromatic rings. The summed E-state index contributed by atoms with van der Waals surface area (Å²) in [5.74, 6) is 0.344. The van der Waals surface area contributed by atoms with Crippen LogP contribution in [0.25, 0.3) is 0 Å². The summed E-state index contributed by atoms with van der Waals surface area (Å²) in [5.41, 5.74) is 7.08. The lowest BCUT2D eigenvalue weighted by Gasteiger charge is -2.10. The molecule has 3 N–H and O–H groups in total. The number of rotatable bonds is 4. The maximum Gasteiger partial charge on any atom is 0.199 e. The number of nitrogens with zero attached hydrogens (tertiary/aromatic N) is 1. The summed E-state index contributed by atoms with van der Waals surface area (Å²) < 4.78 is 0. The van der Waals surface area contributed by atoms with E-state index in [9.17, 15) is 4.79 Å². The first kappa shape index (κ1) is 10.9. The molecule has 78 valence electrons. The number of aryl methyl sites for hydroxylation is 1. The average molecular weight is 195 g/mol. The molecule has 1 unspecified atom stereocenters. The molecule has 14 heavy (non-hydrogen) atoms. The summed E-state index contributed by atoms with van der Waals surface area (Å²) >= 11 is 0. The highest BCUT2D eigenvalue weighted by molar-refractivity contribution is 5.98. The van der Waals surface area contributed by atoms with Gasteiger partial charge in [0.15, 0.2) is 5.78 Å². The quantitative estimate of drug-likeness (QED) is 0.711. The van der Waals surface area contributed by atoms with Crippen LogP contribution in [0.2, 0.25) is 0 Å². The highest BCUT2D eigenvalue weighted by Crippen LogP contribution is 2.08. The van der Waals surface area contributed by atoms with E-state index in [2.05, 4.69) is 10.2 Å². The molecule has 0 saturated carbocycles. The molecule has 0 radical (unpaired) electrons. The number of carbonyl (C=O) groups is 1. The summed E-state index contributed by atoms with van der Waals surface area (Å²) in [6.45, 7) is 5.95. The molecule has 1 heterocycles. The van der Waals surface area contributed by atoms with Gasteiger partial charge in [-0.2, -0.15) is 5.10 Å². The Hall–Kier alpha value is -1.16. The molecule has 0 aliphatic carbocycles. The van der Waals surface area contributed by atoms with Gasteiger partial charge in [0.1, 0.15) is 5.69 Å². The normalized spacial score (nSPS) is 13.2. The van der Waals surface area contributed by atoms with Crippen molar-refractivity contribution in [2.45, 2.75) is 33.2 Å². The van der Waals surface area contributed by atoms with E-state index in [1.807, 2.05) is 20.8 Å². The molecule has 0 bridgehead atoms. The monoisotopic (exact) mass is 195 g/mol. The zero-order valence-electron chi connectivity index (χ0n) is 8.87. The predicted molar refractivity (Wildman–Crippen MR) is 55.1 cm³/mol. The van der Waals surface area contributed by atoms with E-state index in [4.69, 9.17) is 5.73 Å². The van der Waals surface area contributed by atoms with E-state index < -0.39 is 6.04 Å². The van der Waals surface area contributed by atoms with Gasteiger partial charge in [0, 0.05) is 5.69 Å². The predicted octanol–water partition coefficient (Wildman–Crippen LogP) is 1.27. The Labute approximate surface area is 83.9 Å². The van der Waals surface area contributed by atoms with Gasteiger partial charge in [-0.15, -0.1) is 0 Å². The summed E-state index contributed by atoms with van der Waals surface area (Å²) in [5, 5.41) is 6.62. The number of hydrogen-bond donors (Lipinski definition) is 2. The molecule has 0 aromatic carbocycles. The lowest BCUT2D eigenvalue weighted by atomic mass is 9.99. The van der Waals surface area contributed by atoms with Crippen LogP contribution in [-0.2, 0) is 0 Å². The Kier molecular flexibility index (Phi) is 3.41. The zero-order chi connectivity index (χ0) is 10.7. The van der Waals surface area contributed by atoms with Crippen LogP contribution in [0.4, 0.5) is 0 Å². The average Bonchev–Trinajstić information content (AvgIpc) is 2.49. The molecule has 4 heteroatoms. The Bertz CT molecular complexity index is 317. The second-order valence-electron chi connectivity index (χ2n) is 4.04. The first-order valence-corrected chi connectivity index (χ1v) is 4.82. The maximum atomic E-state index is 11.7. The van der Waals surface area contributed by atoms with Crippen LogP contribution in [0.15, 0.2) is 6.07 Å². The summed E-state index contributed by atoms with van der Waals surface area (Å²) in [4.78, 5) is 11.7. The summed E-state index contributed by atoms with van der Waals surface area (Å²) in [6.07, 6.45) is 0.699.